The van der Waals surface area contributed by atoms with E-state index in [9.17, 15) is 4.79 Å². The van der Waals surface area contributed by atoms with Crippen LogP contribution in [-0.4, -0.2) is 43.2 Å². The molecule has 0 unspecified atom stereocenters. The van der Waals surface area contributed by atoms with E-state index < -0.39 is 0 Å². The highest BCUT2D eigenvalue weighted by molar-refractivity contribution is 6.42. The third kappa shape index (κ3) is 5.13. The molecule has 2 rings (SSSR count). The van der Waals surface area contributed by atoms with Crippen LogP contribution in [0.15, 0.2) is 18.2 Å². The number of benzene rings is 1. The number of piperidine rings is 1. The number of likely N-dealkylation sites (tertiary alicyclic amines) is 1. The van der Waals surface area contributed by atoms with Crippen LogP contribution in [0.25, 0.3) is 0 Å². The molecule has 1 saturated heterocycles. The summed E-state index contributed by atoms with van der Waals surface area (Å²) in [7, 11) is 0. The van der Waals surface area contributed by atoms with Crippen molar-refractivity contribution in [1.29, 1.82) is 0 Å². The predicted octanol–water partition coefficient (Wildman–Crippen LogP) is 2.89. The van der Waals surface area contributed by atoms with Gasteiger partial charge in [0.2, 0.25) is 5.91 Å². The van der Waals surface area contributed by atoms with Crippen LogP contribution < -0.4 is 5.73 Å². The van der Waals surface area contributed by atoms with E-state index in [1.807, 2.05) is 11.0 Å². The average Bonchev–Trinajstić information content (AvgIpc) is 2.52. The Kier molecular flexibility index (Phi) is 6.96. The van der Waals surface area contributed by atoms with Gasteiger partial charge in [-0.25, -0.2) is 0 Å². The molecule has 0 aromatic heterocycles. The van der Waals surface area contributed by atoms with E-state index in [1.54, 1.807) is 12.1 Å². The first-order valence-electron chi connectivity index (χ1n) is 7.63. The van der Waals surface area contributed by atoms with Crippen molar-refractivity contribution in [3.05, 3.63) is 33.8 Å². The molecule has 4 nitrogen and oxygen atoms in total. The highest BCUT2D eigenvalue weighted by atomic mass is 35.5. The van der Waals surface area contributed by atoms with Gasteiger partial charge in [-0.1, -0.05) is 29.3 Å². The van der Waals surface area contributed by atoms with Gasteiger partial charge in [0, 0.05) is 19.7 Å². The van der Waals surface area contributed by atoms with Crippen LogP contribution >= 0.6 is 23.2 Å². The molecule has 0 spiro atoms. The Labute approximate surface area is 141 Å². The standard InChI is InChI=1S/C16H22Cl2N2O2/c17-14-3-2-12(10-15(14)18)11-16(21)20-7-4-13(5-8-20)22-9-1-6-19/h2-3,10,13H,1,4-9,11,19H2. The summed E-state index contributed by atoms with van der Waals surface area (Å²) in [6.07, 6.45) is 3.27. The Morgan fingerprint density at radius 1 is 1.27 bits per heavy atom. The van der Waals surface area contributed by atoms with Crippen molar-refractivity contribution in [3.63, 3.8) is 0 Å². The number of ether oxygens (including phenoxy) is 1. The summed E-state index contributed by atoms with van der Waals surface area (Å²) >= 11 is 11.9. The third-order valence-electron chi connectivity index (χ3n) is 3.84. The van der Waals surface area contributed by atoms with Gasteiger partial charge in [0.1, 0.15) is 0 Å². The number of nitrogens with zero attached hydrogens (tertiary/aromatic N) is 1. The quantitative estimate of drug-likeness (QED) is 0.807. The molecule has 1 amide bonds. The minimum atomic E-state index is 0.124. The fraction of sp³-hybridized carbons (Fsp3) is 0.562. The van der Waals surface area contributed by atoms with Crippen LogP contribution in [0.1, 0.15) is 24.8 Å². The van der Waals surface area contributed by atoms with Gasteiger partial charge in [0.25, 0.3) is 0 Å². The van der Waals surface area contributed by atoms with E-state index in [1.165, 1.54) is 0 Å². The average molecular weight is 345 g/mol. The van der Waals surface area contributed by atoms with Crippen molar-refractivity contribution < 1.29 is 9.53 Å². The molecule has 0 aliphatic carbocycles. The maximum atomic E-state index is 12.3. The molecule has 1 aliphatic heterocycles. The second-order valence-electron chi connectivity index (χ2n) is 5.52. The van der Waals surface area contributed by atoms with Crippen LogP contribution in [0.2, 0.25) is 10.0 Å². The number of halogens is 2. The van der Waals surface area contributed by atoms with Crippen molar-refractivity contribution >= 4 is 29.1 Å². The number of nitrogens with two attached hydrogens (primary N) is 1. The van der Waals surface area contributed by atoms with E-state index >= 15 is 0 Å². The van der Waals surface area contributed by atoms with Crippen LogP contribution in [0, 0.1) is 0 Å². The Morgan fingerprint density at radius 2 is 2.00 bits per heavy atom. The van der Waals surface area contributed by atoms with Crippen molar-refractivity contribution in [2.75, 3.05) is 26.2 Å². The normalized spacial score (nSPS) is 16.0. The van der Waals surface area contributed by atoms with Gasteiger partial charge in [-0.2, -0.15) is 0 Å². The summed E-state index contributed by atoms with van der Waals surface area (Å²) in [5.41, 5.74) is 6.34. The molecule has 6 heteroatoms. The second kappa shape index (κ2) is 8.73. The van der Waals surface area contributed by atoms with Gasteiger partial charge in [-0.15, -0.1) is 0 Å². The second-order valence-corrected chi connectivity index (χ2v) is 6.33. The molecule has 1 fully saturated rings. The van der Waals surface area contributed by atoms with Gasteiger partial charge in [-0.3, -0.25) is 4.79 Å². The maximum Gasteiger partial charge on any atom is 0.226 e. The largest absolute Gasteiger partial charge is 0.378 e. The molecular formula is C16H22Cl2N2O2. The third-order valence-corrected chi connectivity index (χ3v) is 4.58. The van der Waals surface area contributed by atoms with Crippen LogP contribution in [0.4, 0.5) is 0 Å². The van der Waals surface area contributed by atoms with E-state index in [2.05, 4.69) is 0 Å². The van der Waals surface area contributed by atoms with Crippen LogP contribution in [-0.2, 0) is 16.0 Å². The molecule has 0 saturated carbocycles. The lowest BCUT2D eigenvalue weighted by molar-refractivity contribution is -0.133. The fourth-order valence-corrected chi connectivity index (χ4v) is 2.86. The molecular weight excluding hydrogens is 323 g/mol. The number of carbonyl (C=O) groups excluding carboxylic acids is 1. The maximum absolute atomic E-state index is 12.3. The number of rotatable bonds is 6. The van der Waals surface area contributed by atoms with Crippen LogP contribution in [0.5, 0.6) is 0 Å². The number of hydrogen-bond donors (Lipinski definition) is 1. The number of carbonyl (C=O) groups is 1. The smallest absolute Gasteiger partial charge is 0.226 e. The molecule has 1 aromatic carbocycles. The highest BCUT2D eigenvalue weighted by Gasteiger charge is 2.23. The highest BCUT2D eigenvalue weighted by Crippen LogP contribution is 2.23. The zero-order chi connectivity index (χ0) is 15.9. The molecule has 0 bridgehead atoms. The summed E-state index contributed by atoms with van der Waals surface area (Å²) in [5, 5.41) is 0.993. The van der Waals surface area contributed by atoms with Crippen molar-refractivity contribution in [1.82, 2.24) is 4.90 Å². The first-order valence-corrected chi connectivity index (χ1v) is 8.39. The van der Waals surface area contributed by atoms with Crippen molar-refractivity contribution in [2.24, 2.45) is 5.73 Å². The Hall–Kier alpha value is -0.810. The van der Waals surface area contributed by atoms with Crippen LogP contribution in [0.3, 0.4) is 0 Å². The zero-order valence-electron chi connectivity index (χ0n) is 12.6. The Balaban J connectivity index is 1.78. The fourth-order valence-electron chi connectivity index (χ4n) is 2.54. The molecule has 122 valence electrons. The Bertz CT molecular complexity index is 503. The lowest BCUT2D eigenvalue weighted by atomic mass is 10.1. The molecule has 1 heterocycles. The van der Waals surface area contributed by atoms with E-state index in [-0.39, 0.29) is 12.0 Å². The van der Waals surface area contributed by atoms with Gasteiger partial charge in [0.15, 0.2) is 0 Å². The summed E-state index contributed by atoms with van der Waals surface area (Å²) in [6, 6.07) is 5.32. The topological polar surface area (TPSA) is 55.6 Å². The van der Waals surface area contributed by atoms with Crippen molar-refractivity contribution in [3.8, 4) is 0 Å². The monoisotopic (exact) mass is 344 g/mol. The summed E-state index contributed by atoms with van der Waals surface area (Å²) in [5.74, 6) is 0.124. The van der Waals surface area contributed by atoms with Crippen molar-refractivity contribution in [2.45, 2.75) is 31.8 Å². The lowest BCUT2D eigenvalue weighted by Crippen LogP contribution is -2.41. The van der Waals surface area contributed by atoms with Gasteiger partial charge in [-0.05, 0) is 43.5 Å². The first kappa shape index (κ1) is 17.5. The molecule has 1 aliphatic rings. The molecule has 1 aromatic rings. The summed E-state index contributed by atoms with van der Waals surface area (Å²) in [6.45, 7) is 2.85. The van der Waals surface area contributed by atoms with E-state index in [4.69, 9.17) is 33.7 Å². The number of amides is 1. The van der Waals surface area contributed by atoms with Gasteiger partial charge >= 0.3 is 0 Å². The molecule has 22 heavy (non-hydrogen) atoms. The predicted molar refractivity (Wildman–Crippen MR) is 89.4 cm³/mol. The molecule has 0 radical (unpaired) electrons. The molecule has 2 N–H and O–H groups in total. The summed E-state index contributed by atoms with van der Waals surface area (Å²) in [4.78, 5) is 14.2. The van der Waals surface area contributed by atoms with E-state index in [0.29, 0.717) is 29.6 Å². The lowest BCUT2D eigenvalue weighted by Gasteiger charge is -2.32. The Morgan fingerprint density at radius 3 is 2.64 bits per heavy atom. The summed E-state index contributed by atoms with van der Waals surface area (Å²) < 4.78 is 5.75. The number of hydrogen-bond acceptors (Lipinski definition) is 3. The zero-order valence-corrected chi connectivity index (χ0v) is 14.1. The van der Waals surface area contributed by atoms with Gasteiger partial charge < -0.3 is 15.4 Å². The van der Waals surface area contributed by atoms with E-state index in [0.717, 1.165) is 37.9 Å². The van der Waals surface area contributed by atoms with Gasteiger partial charge in [0.05, 0.1) is 22.6 Å². The molecule has 0 atom stereocenters. The minimum Gasteiger partial charge on any atom is -0.378 e. The minimum absolute atomic E-state index is 0.124. The SMILES string of the molecule is NCCCOC1CCN(C(=O)Cc2ccc(Cl)c(Cl)c2)CC1. The first-order chi connectivity index (χ1) is 10.6.